The number of piperidine rings is 1. The minimum Gasteiger partial charge on any atom is -0.401 e. The maximum Gasteiger partial charge on any atom is 0.230 e. The van der Waals surface area contributed by atoms with Gasteiger partial charge in [-0.1, -0.05) is 26.7 Å². The molecule has 4 heteroatoms. The highest BCUT2D eigenvalue weighted by atomic mass is 16.2. The lowest BCUT2D eigenvalue weighted by Crippen LogP contribution is -2.70. The summed E-state index contributed by atoms with van der Waals surface area (Å²) >= 11 is 0. The molecule has 1 amide bonds. The lowest BCUT2D eigenvalue weighted by molar-refractivity contribution is -0.138. The van der Waals surface area contributed by atoms with Gasteiger partial charge in [0.2, 0.25) is 5.91 Å². The average molecular weight is 259 g/mol. The van der Waals surface area contributed by atoms with E-state index in [9.17, 15) is 10.1 Å². The number of rotatable bonds is 1. The van der Waals surface area contributed by atoms with Crippen molar-refractivity contribution in [3.05, 3.63) is 11.3 Å². The van der Waals surface area contributed by atoms with Crippen LogP contribution in [-0.4, -0.2) is 11.4 Å². The van der Waals surface area contributed by atoms with E-state index in [4.69, 9.17) is 5.73 Å². The quantitative estimate of drug-likeness (QED) is 0.752. The number of nitriles is 1. The van der Waals surface area contributed by atoms with Crippen molar-refractivity contribution in [3.63, 3.8) is 0 Å². The van der Waals surface area contributed by atoms with E-state index in [0.717, 1.165) is 19.3 Å². The van der Waals surface area contributed by atoms with Crippen LogP contribution in [0.4, 0.5) is 0 Å². The highest BCUT2D eigenvalue weighted by Crippen LogP contribution is 2.55. The minimum absolute atomic E-state index is 0.0355. The van der Waals surface area contributed by atoms with Gasteiger partial charge in [0, 0.05) is 5.70 Å². The molecule has 4 rings (SSSR count). The first-order valence-electron chi connectivity index (χ1n) is 7.25. The first-order valence-corrected chi connectivity index (χ1v) is 7.25. The average Bonchev–Trinajstić information content (AvgIpc) is 2.36. The Balaban J connectivity index is 2.20. The van der Waals surface area contributed by atoms with E-state index in [1.165, 1.54) is 6.42 Å². The third-order valence-electron chi connectivity index (χ3n) is 5.40. The number of amides is 1. The van der Waals surface area contributed by atoms with E-state index < -0.39 is 5.54 Å². The number of hydrogen-bond acceptors (Lipinski definition) is 3. The fourth-order valence-electron chi connectivity index (χ4n) is 4.73. The molecule has 4 nitrogen and oxygen atoms in total. The molecule has 19 heavy (non-hydrogen) atoms. The second-order valence-corrected chi connectivity index (χ2v) is 6.55. The number of hydrogen-bond donors (Lipinski definition) is 2. The molecule has 2 fully saturated rings. The number of nitrogens with zero attached hydrogens (tertiary/aromatic N) is 1. The summed E-state index contributed by atoms with van der Waals surface area (Å²) in [5.41, 5.74) is 6.93. The van der Waals surface area contributed by atoms with E-state index in [1.807, 2.05) is 0 Å². The van der Waals surface area contributed by atoms with Gasteiger partial charge in [-0.3, -0.25) is 4.79 Å². The molecule has 3 N–H and O–H groups in total. The van der Waals surface area contributed by atoms with Gasteiger partial charge < -0.3 is 11.1 Å². The lowest BCUT2D eigenvalue weighted by Gasteiger charge is -2.58. The van der Waals surface area contributed by atoms with Gasteiger partial charge in [-0.25, -0.2) is 0 Å². The molecule has 1 unspecified atom stereocenters. The zero-order chi connectivity index (χ0) is 13.8. The molecular weight excluding hydrogens is 238 g/mol. The van der Waals surface area contributed by atoms with E-state index in [1.54, 1.807) is 0 Å². The highest BCUT2D eigenvalue weighted by molar-refractivity contribution is 5.87. The fraction of sp³-hybridized carbons (Fsp3) is 0.733. The molecule has 4 atom stereocenters. The van der Waals surface area contributed by atoms with Crippen LogP contribution in [0.2, 0.25) is 0 Å². The maximum atomic E-state index is 12.4. The molecule has 1 saturated carbocycles. The SMILES string of the molecule is CC(C)[C@H]1C2CCCC[C@]23NC(=O)[C@H]1C(N)=C3C#N. The van der Waals surface area contributed by atoms with Gasteiger partial charge in [-0.15, -0.1) is 0 Å². The minimum atomic E-state index is -0.460. The predicted molar refractivity (Wildman–Crippen MR) is 71.5 cm³/mol. The second kappa shape index (κ2) is 4.00. The first kappa shape index (κ1) is 12.5. The molecule has 1 saturated heterocycles. The topological polar surface area (TPSA) is 78.9 Å². The highest BCUT2D eigenvalue weighted by Gasteiger charge is 2.61. The molecular formula is C15H21N3O. The Bertz CT molecular complexity index is 502. The van der Waals surface area contributed by atoms with E-state index in [0.29, 0.717) is 23.1 Å². The van der Waals surface area contributed by atoms with E-state index in [2.05, 4.69) is 25.2 Å². The number of fused-ring (bicyclic) bond motifs is 1. The maximum absolute atomic E-state index is 12.4. The van der Waals surface area contributed by atoms with Crippen LogP contribution in [0.25, 0.3) is 0 Å². The van der Waals surface area contributed by atoms with Crippen molar-refractivity contribution in [2.45, 2.75) is 45.1 Å². The van der Waals surface area contributed by atoms with Crippen LogP contribution in [0.15, 0.2) is 11.3 Å². The number of carbonyl (C=O) groups excluding carboxylic acids is 1. The summed E-state index contributed by atoms with van der Waals surface area (Å²) in [4.78, 5) is 12.4. The molecule has 2 bridgehead atoms. The van der Waals surface area contributed by atoms with Crippen LogP contribution in [0.1, 0.15) is 39.5 Å². The normalized spacial score (nSPS) is 40.9. The standard InChI is InChI=1S/C15H21N3O/c1-8(2)11-9-5-3-4-6-15(9)10(7-16)13(17)12(11)14(19)18-15/h8-9,11-12H,3-6,17H2,1-2H3,(H,18,19)/t9?,11-,12+,15-/m0/s1. The monoisotopic (exact) mass is 259 g/mol. The van der Waals surface area contributed by atoms with Gasteiger partial charge >= 0.3 is 0 Å². The fourth-order valence-corrected chi connectivity index (χ4v) is 4.73. The summed E-state index contributed by atoms with van der Waals surface area (Å²) in [6.45, 7) is 4.33. The third kappa shape index (κ3) is 1.42. The molecule has 102 valence electrons. The zero-order valence-electron chi connectivity index (χ0n) is 11.6. The van der Waals surface area contributed by atoms with Gasteiger partial charge in [-0.2, -0.15) is 5.26 Å². The van der Waals surface area contributed by atoms with Crippen molar-refractivity contribution < 1.29 is 4.79 Å². The van der Waals surface area contributed by atoms with Crippen molar-refractivity contribution in [2.75, 3.05) is 0 Å². The van der Waals surface area contributed by atoms with Crippen LogP contribution in [0.3, 0.4) is 0 Å². The van der Waals surface area contributed by atoms with Crippen molar-refractivity contribution in [3.8, 4) is 6.07 Å². The first-order chi connectivity index (χ1) is 9.03. The molecule has 0 aromatic carbocycles. The predicted octanol–water partition coefficient (Wildman–Crippen LogP) is 1.68. The second-order valence-electron chi connectivity index (χ2n) is 6.55. The van der Waals surface area contributed by atoms with Gasteiger partial charge in [0.05, 0.1) is 23.1 Å². The van der Waals surface area contributed by atoms with Gasteiger partial charge in [0.15, 0.2) is 0 Å². The Labute approximate surface area is 114 Å². The van der Waals surface area contributed by atoms with Crippen LogP contribution in [0.5, 0.6) is 0 Å². The molecule has 0 aromatic heterocycles. The summed E-state index contributed by atoms with van der Waals surface area (Å²) < 4.78 is 0. The molecule has 0 radical (unpaired) electrons. The van der Waals surface area contributed by atoms with Crippen LogP contribution in [0, 0.1) is 35.0 Å². The summed E-state index contributed by atoms with van der Waals surface area (Å²) in [7, 11) is 0. The Morgan fingerprint density at radius 3 is 2.84 bits per heavy atom. The molecule has 0 aromatic rings. The van der Waals surface area contributed by atoms with Gasteiger partial charge in [-0.05, 0) is 30.6 Å². The Hall–Kier alpha value is -1.50. The lowest BCUT2D eigenvalue weighted by atomic mass is 9.51. The summed E-state index contributed by atoms with van der Waals surface area (Å²) in [6, 6.07) is 2.29. The number of nitrogens with one attached hydrogen (secondary N) is 1. The molecule has 2 aliphatic carbocycles. The molecule has 1 spiro atoms. The number of carbonyl (C=O) groups is 1. The smallest absolute Gasteiger partial charge is 0.230 e. The third-order valence-corrected chi connectivity index (χ3v) is 5.40. The molecule has 4 aliphatic rings. The molecule has 2 aliphatic heterocycles. The zero-order valence-corrected chi connectivity index (χ0v) is 11.6. The van der Waals surface area contributed by atoms with Crippen LogP contribution >= 0.6 is 0 Å². The Morgan fingerprint density at radius 2 is 2.21 bits per heavy atom. The van der Waals surface area contributed by atoms with E-state index >= 15 is 0 Å². The largest absolute Gasteiger partial charge is 0.401 e. The van der Waals surface area contributed by atoms with Crippen molar-refractivity contribution >= 4 is 5.91 Å². The summed E-state index contributed by atoms with van der Waals surface area (Å²) in [6.07, 6.45) is 4.21. The Morgan fingerprint density at radius 1 is 1.47 bits per heavy atom. The van der Waals surface area contributed by atoms with Gasteiger partial charge in [0.1, 0.15) is 0 Å². The van der Waals surface area contributed by atoms with Gasteiger partial charge in [0.25, 0.3) is 0 Å². The van der Waals surface area contributed by atoms with Crippen LogP contribution < -0.4 is 11.1 Å². The summed E-state index contributed by atoms with van der Waals surface area (Å²) in [5, 5.41) is 12.6. The Kier molecular flexibility index (Phi) is 2.63. The van der Waals surface area contributed by atoms with E-state index in [-0.39, 0.29) is 17.7 Å². The number of nitrogens with two attached hydrogens (primary N) is 1. The van der Waals surface area contributed by atoms with Crippen molar-refractivity contribution in [1.82, 2.24) is 5.32 Å². The van der Waals surface area contributed by atoms with Crippen LogP contribution in [-0.2, 0) is 4.79 Å². The summed E-state index contributed by atoms with van der Waals surface area (Å²) in [5.74, 6) is 0.822. The van der Waals surface area contributed by atoms with Crippen molar-refractivity contribution in [2.24, 2.45) is 29.4 Å². The molecule has 2 heterocycles. The van der Waals surface area contributed by atoms with Crippen molar-refractivity contribution in [1.29, 1.82) is 5.26 Å².